The molecule has 118 valence electrons. The molecule has 0 radical (unpaired) electrons. The molecule has 0 saturated carbocycles. The van der Waals surface area contributed by atoms with Crippen LogP contribution in [0.1, 0.15) is 5.56 Å². The van der Waals surface area contributed by atoms with Gasteiger partial charge in [-0.25, -0.2) is 4.79 Å². The second-order valence-electron chi connectivity index (χ2n) is 4.57. The number of anilines is 1. The van der Waals surface area contributed by atoms with Crippen molar-refractivity contribution >= 4 is 11.7 Å². The van der Waals surface area contributed by atoms with Gasteiger partial charge in [-0.2, -0.15) is 5.26 Å². The molecule has 6 nitrogen and oxygen atoms in total. The molecule has 0 spiro atoms. The fourth-order valence-electron chi connectivity index (χ4n) is 1.88. The summed E-state index contributed by atoms with van der Waals surface area (Å²) in [5.41, 5.74) is 0.886. The van der Waals surface area contributed by atoms with Crippen LogP contribution in [0, 0.1) is 11.3 Å². The molecule has 2 aromatic rings. The van der Waals surface area contributed by atoms with Crippen LogP contribution >= 0.6 is 0 Å². The number of carbonyl (C=O) groups is 1. The summed E-state index contributed by atoms with van der Waals surface area (Å²) in [4.78, 5) is 11.8. The molecular formula is C17H17N3O3. The monoisotopic (exact) mass is 311 g/mol. The number of methoxy groups -OCH3 is 1. The van der Waals surface area contributed by atoms with Crippen molar-refractivity contribution in [1.82, 2.24) is 5.32 Å². The Labute approximate surface area is 134 Å². The number of ether oxygens (including phenoxy) is 2. The SMILES string of the molecule is COc1cccc(OCCNC(=O)Nc2ccccc2C#N)c1. The normalized spacial score (nSPS) is 9.57. The summed E-state index contributed by atoms with van der Waals surface area (Å²) in [5, 5.41) is 14.3. The first-order chi connectivity index (χ1) is 11.2. The summed E-state index contributed by atoms with van der Waals surface area (Å²) in [6, 6.07) is 15.7. The Morgan fingerprint density at radius 1 is 1.17 bits per heavy atom. The van der Waals surface area contributed by atoms with Crippen LogP contribution in [-0.4, -0.2) is 26.3 Å². The average molecular weight is 311 g/mol. The summed E-state index contributed by atoms with van der Waals surface area (Å²) in [7, 11) is 1.59. The largest absolute Gasteiger partial charge is 0.497 e. The molecule has 6 heteroatoms. The lowest BCUT2D eigenvalue weighted by Gasteiger charge is -2.10. The number of carbonyl (C=O) groups excluding carboxylic acids is 1. The smallest absolute Gasteiger partial charge is 0.319 e. The van der Waals surface area contributed by atoms with E-state index in [2.05, 4.69) is 10.6 Å². The average Bonchev–Trinajstić information content (AvgIpc) is 2.59. The third-order valence-electron chi connectivity index (χ3n) is 2.99. The minimum Gasteiger partial charge on any atom is -0.497 e. The zero-order valence-electron chi connectivity index (χ0n) is 12.7. The number of urea groups is 1. The van der Waals surface area contributed by atoms with E-state index >= 15 is 0 Å². The van der Waals surface area contributed by atoms with E-state index < -0.39 is 0 Å². The van der Waals surface area contributed by atoms with Crippen LogP contribution in [0.5, 0.6) is 11.5 Å². The van der Waals surface area contributed by atoms with Gasteiger partial charge >= 0.3 is 6.03 Å². The molecule has 0 unspecified atom stereocenters. The van der Waals surface area contributed by atoms with Gasteiger partial charge in [0.25, 0.3) is 0 Å². The van der Waals surface area contributed by atoms with Gasteiger partial charge in [-0.15, -0.1) is 0 Å². The first kappa shape index (κ1) is 16.2. The molecule has 0 bridgehead atoms. The van der Waals surface area contributed by atoms with Gasteiger partial charge in [-0.3, -0.25) is 0 Å². The second kappa shape index (κ2) is 8.29. The van der Waals surface area contributed by atoms with Crippen LogP contribution in [0.15, 0.2) is 48.5 Å². The van der Waals surface area contributed by atoms with Crippen LogP contribution in [0.2, 0.25) is 0 Å². The fourth-order valence-corrected chi connectivity index (χ4v) is 1.88. The zero-order valence-corrected chi connectivity index (χ0v) is 12.7. The lowest BCUT2D eigenvalue weighted by Crippen LogP contribution is -2.32. The molecule has 0 fully saturated rings. The lowest BCUT2D eigenvalue weighted by atomic mass is 10.2. The molecule has 0 saturated heterocycles. The van der Waals surface area contributed by atoms with Gasteiger partial charge in [0.1, 0.15) is 24.2 Å². The molecule has 23 heavy (non-hydrogen) atoms. The number of nitriles is 1. The van der Waals surface area contributed by atoms with Gasteiger partial charge < -0.3 is 20.1 Å². The second-order valence-corrected chi connectivity index (χ2v) is 4.57. The maximum absolute atomic E-state index is 11.8. The molecule has 2 amide bonds. The van der Waals surface area contributed by atoms with E-state index in [4.69, 9.17) is 14.7 Å². The molecule has 0 heterocycles. The summed E-state index contributed by atoms with van der Waals surface area (Å²) >= 11 is 0. The van der Waals surface area contributed by atoms with Crippen LogP contribution in [-0.2, 0) is 0 Å². The van der Waals surface area contributed by atoms with E-state index in [0.717, 1.165) is 0 Å². The summed E-state index contributed by atoms with van der Waals surface area (Å²) in [6.07, 6.45) is 0. The molecule has 0 aliphatic heterocycles. The fraction of sp³-hybridized carbons (Fsp3) is 0.176. The van der Waals surface area contributed by atoms with E-state index in [9.17, 15) is 4.79 Å². The Morgan fingerprint density at radius 2 is 1.96 bits per heavy atom. The van der Waals surface area contributed by atoms with Gasteiger partial charge in [0.15, 0.2) is 0 Å². The zero-order chi connectivity index (χ0) is 16.5. The maximum Gasteiger partial charge on any atom is 0.319 e. The van der Waals surface area contributed by atoms with Gasteiger partial charge in [0.05, 0.1) is 24.9 Å². The number of amides is 2. The standard InChI is InChI=1S/C17H17N3O3/c1-22-14-6-4-7-15(11-14)23-10-9-19-17(21)20-16-8-3-2-5-13(16)12-18/h2-8,11H,9-10H2,1H3,(H2,19,20,21). The van der Waals surface area contributed by atoms with Crippen molar-refractivity contribution in [1.29, 1.82) is 5.26 Å². The van der Waals surface area contributed by atoms with Crippen LogP contribution in [0.4, 0.5) is 10.5 Å². The molecule has 0 atom stereocenters. The predicted molar refractivity (Wildman–Crippen MR) is 86.7 cm³/mol. The Kier molecular flexibility index (Phi) is 5.83. The van der Waals surface area contributed by atoms with Gasteiger partial charge in [0.2, 0.25) is 0 Å². The van der Waals surface area contributed by atoms with E-state index in [0.29, 0.717) is 35.9 Å². The number of nitrogens with one attached hydrogen (secondary N) is 2. The third kappa shape index (κ3) is 4.93. The molecule has 2 N–H and O–H groups in total. The van der Waals surface area contributed by atoms with Crippen LogP contribution < -0.4 is 20.1 Å². The maximum atomic E-state index is 11.8. The number of hydrogen-bond donors (Lipinski definition) is 2. The Morgan fingerprint density at radius 3 is 2.74 bits per heavy atom. The molecule has 0 aromatic heterocycles. The predicted octanol–water partition coefficient (Wildman–Crippen LogP) is 2.77. The van der Waals surface area contributed by atoms with E-state index in [-0.39, 0.29) is 6.03 Å². The highest BCUT2D eigenvalue weighted by molar-refractivity contribution is 5.90. The van der Waals surface area contributed by atoms with Gasteiger partial charge in [0, 0.05) is 6.07 Å². The number of para-hydroxylation sites is 1. The van der Waals surface area contributed by atoms with Crippen molar-refractivity contribution in [2.75, 3.05) is 25.6 Å². The van der Waals surface area contributed by atoms with Gasteiger partial charge in [-0.05, 0) is 24.3 Å². The van der Waals surface area contributed by atoms with Crippen LogP contribution in [0.3, 0.4) is 0 Å². The van der Waals surface area contributed by atoms with Crippen molar-refractivity contribution in [2.45, 2.75) is 0 Å². The van der Waals surface area contributed by atoms with E-state index in [1.807, 2.05) is 24.3 Å². The molecule has 2 aromatic carbocycles. The number of nitrogens with zero attached hydrogens (tertiary/aromatic N) is 1. The third-order valence-corrected chi connectivity index (χ3v) is 2.99. The molecule has 0 aliphatic carbocycles. The van der Waals surface area contributed by atoms with Crippen molar-refractivity contribution in [3.63, 3.8) is 0 Å². The highest BCUT2D eigenvalue weighted by Gasteiger charge is 2.05. The minimum atomic E-state index is -0.387. The van der Waals surface area contributed by atoms with Crippen LogP contribution in [0.25, 0.3) is 0 Å². The summed E-state index contributed by atoms with van der Waals surface area (Å²) in [6.45, 7) is 0.651. The Hall–Kier alpha value is -3.20. The Bertz CT molecular complexity index is 710. The van der Waals surface area contributed by atoms with Crippen molar-refractivity contribution in [3.05, 3.63) is 54.1 Å². The van der Waals surface area contributed by atoms with Crippen molar-refractivity contribution < 1.29 is 14.3 Å². The van der Waals surface area contributed by atoms with Crippen molar-refractivity contribution in [2.24, 2.45) is 0 Å². The van der Waals surface area contributed by atoms with Crippen molar-refractivity contribution in [3.8, 4) is 17.6 Å². The van der Waals surface area contributed by atoms with E-state index in [1.54, 1.807) is 37.4 Å². The quantitative estimate of drug-likeness (QED) is 0.804. The number of benzene rings is 2. The summed E-state index contributed by atoms with van der Waals surface area (Å²) in [5.74, 6) is 1.38. The summed E-state index contributed by atoms with van der Waals surface area (Å²) < 4.78 is 10.6. The topological polar surface area (TPSA) is 83.4 Å². The highest BCUT2D eigenvalue weighted by atomic mass is 16.5. The minimum absolute atomic E-state index is 0.320. The number of hydrogen-bond acceptors (Lipinski definition) is 4. The van der Waals surface area contributed by atoms with Gasteiger partial charge in [-0.1, -0.05) is 18.2 Å². The molecular weight excluding hydrogens is 294 g/mol. The Balaban J connectivity index is 1.76. The highest BCUT2D eigenvalue weighted by Crippen LogP contribution is 2.18. The lowest BCUT2D eigenvalue weighted by molar-refractivity contribution is 0.247. The first-order valence-corrected chi connectivity index (χ1v) is 7.04. The molecule has 0 aliphatic rings. The number of rotatable bonds is 6. The van der Waals surface area contributed by atoms with E-state index in [1.165, 1.54) is 0 Å². The molecule has 2 rings (SSSR count). The first-order valence-electron chi connectivity index (χ1n) is 7.04.